The number of rotatable bonds is 25. The molecule has 2 aromatic heterocycles. The number of hydrogen-bond donors (Lipinski definition) is 0. The van der Waals surface area contributed by atoms with Crippen molar-refractivity contribution in [3.63, 3.8) is 0 Å². The van der Waals surface area contributed by atoms with Crippen LogP contribution in [0.15, 0.2) is 540 Å². The zero-order chi connectivity index (χ0) is 91.9. The molecule has 0 unspecified atom stereocenters. The Morgan fingerprint density at radius 2 is 0.277 bits per heavy atom. The fourth-order valence-electron chi connectivity index (χ4n) is 19.4. The Bertz CT molecular complexity index is 7700. The highest BCUT2D eigenvalue weighted by molar-refractivity contribution is 5.90. The van der Waals surface area contributed by atoms with E-state index in [2.05, 4.69) is 590 Å². The molecule has 0 bridgehead atoms. The molecule has 22 rings (SSSR count). The lowest BCUT2D eigenvalue weighted by molar-refractivity contribution is 0.943. The standard InChI is InChI=1S/C131H98N6/c1-93-90-130(110-60-84-126(85-61-110)135(118-68-44-102(45-69-118)96-28-14-6-15-29-96)119-70-46-103(47-71-119)97-30-16-7-17-31-97)133(3)131(93)111-62-86-127(87-63-111)137(121-74-50-105(51-75-121)99-34-20-9-21-35-99)123-78-54-107(55-79-123)113-37-23-39-115(92-113)114-38-22-36-112(91-114)106-52-76-122(77-53-106)136(120-72-48-104(49-73-120)98-32-18-8-19-33-98)125-82-58-109(59-83-125)129-89-88-128(132(129)2)108-56-80-124(81-57-108)134(116-64-40-100(41-65-116)94-24-10-4-11-25-94)117-66-42-101(43-67-117)95-26-12-5-13-27-95/h4-92H,1-3H3. The number of hydrogen-bond acceptors (Lipinski definition) is 4. The van der Waals surface area contributed by atoms with Crippen LogP contribution < -0.4 is 19.6 Å². The third-order valence-corrected chi connectivity index (χ3v) is 26.6. The highest BCUT2D eigenvalue weighted by Gasteiger charge is 2.23. The molecule has 2 heterocycles. The molecule has 0 saturated heterocycles. The Labute approximate surface area is 803 Å². The van der Waals surface area contributed by atoms with Crippen LogP contribution in [0.2, 0.25) is 0 Å². The lowest BCUT2D eigenvalue weighted by Crippen LogP contribution is -2.10. The minimum atomic E-state index is 1.06. The van der Waals surface area contributed by atoms with Crippen LogP contribution >= 0.6 is 0 Å². The van der Waals surface area contributed by atoms with Crippen LogP contribution in [-0.2, 0) is 14.1 Å². The second kappa shape index (κ2) is 38.2. The monoisotopic (exact) mass is 1750 g/mol. The zero-order valence-electron chi connectivity index (χ0n) is 76.6. The Kier molecular flexibility index (Phi) is 23.6. The van der Waals surface area contributed by atoms with Gasteiger partial charge in [0.25, 0.3) is 0 Å². The van der Waals surface area contributed by atoms with Crippen LogP contribution in [0.1, 0.15) is 5.56 Å². The Balaban J connectivity index is 0.511. The second-order valence-corrected chi connectivity index (χ2v) is 35.0. The lowest BCUT2D eigenvalue weighted by Gasteiger charge is -2.26. The van der Waals surface area contributed by atoms with Crippen LogP contribution in [0.3, 0.4) is 0 Å². The quantitative estimate of drug-likeness (QED) is 0.0569. The van der Waals surface area contributed by atoms with Crippen LogP contribution in [0.4, 0.5) is 68.2 Å². The van der Waals surface area contributed by atoms with Crippen LogP contribution in [0, 0.1) is 6.92 Å². The third kappa shape index (κ3) is 17.8. The van der Waals surface area contributed by atoms with Crippen molar-refractivity contribution >= 4 is 68.2 Å². The predicted molar refractivity (Wildman–Crippen MR) is 579 cm³/mol. The van der Waals surface area contributed by atoms with Gasteiger partial charge in [-0.15, -0.1) is 0 Å². The molecule has 6 nitrogen and oxygen atoms in total. The van der Waals surface area contributed by atoms with E-state index in [4.69, 9.17) is 0 Å². The largest absolute Gasteiger partial charge is 0.344 e. The molecule has 20 aromatic carbocycles. The van der Waals surface area contributed by atoms with Gasteiger partial charge in [0.2, 0.25) is 0 Å². The molecule has 0 radical (unpaired) electrons. The molecule has 0 N–H and O–H groups in total. The van der Waals surface area contributed by atoms with Gasteiger partial charge in [0.1, 0.15) is 0 Å². The van der Waals surface area contributed by atoms with Crippen LogP contribution in [0.5, 0.6) is 0 Å². The number of benzene rings is 20. The van der Waals surface area contributed by atoms with Crippen molar-refractivity contribution in [2.24, 2.45) is 14.1 Å². The van der Waals surface area contributed by atoms with E-state index in [1.807, 2.05) is 0 Å². The maximum atomic E-state index is 2.37. The molecule has 0 fully saturated rings. The van der Waals surface area contributed by atoms with Gasteiger partial charge < -0.3 is 28.7 Å². The van der Waals surface area contributed by atoms with E-state index >= 15 is 0 Å². The smallest absolute Gasteiger partial charge is 0.0512 e. The summed E-state index contributed by atoms with van der Waals surface area (Å²) in [6.07, 6.45) is 0. The average Bonchev–Trinajstić information content (AvgIpc) is 1.51. The first-order valence-corrected chi connectivity index (χ1v) is 46.9. The van der Waals surface area contributed by atoms with Crippen molar-refractivity contribution in [1.82, 2.24) is 9.13 Å². The van der Waals surface area contributed by atoms with Crippen LogP contribution in [-0.4, -0.2) is 9.13 Å². The molecule has 137 heavy (non-hydrogen) atoms. The molecule has 0 saturated carbocycles. The minimum absolute atomic E-state index is 1.06. The lowest BCUT2D eigenvalue weighted by atomic mass is 9.96. The normalized spacial score (nSPS) is 11.2. The first-order chi connectivity index (χ1) is 67.6. The maximum absolute atomic E-state index is 2.37. The Morgan fingerprint density at radius 3 is 0.482 bits per heavy atom. The summed E-state index contributed by atoms with van der Waals surface area (Å²) < 4.78 is 4.66. The van der Waals surface area contributed by atoms with Gasteiger partial charge in [-0.25, -0.2) is 0 Å². The highest BCUT2D eigenvalue weighted by Crippen LogP contribution is 2.47. The number of anilines is 12. The fourth-order valence-corrected chi connectivity index (χ4v) is 19.4. The van der Waals surface area contributed by atoms with E-state index in [0.717, 1.165) is 141 Å². The molecular weight excluding hydrogens is 1660 g/mol. The topological polar surface area (TPSA) is 22.8 Å². The van der Waals surface area contributed by atoms with Crippen molar-refractivity contribution in [1.29, 1.82) is 0 Å². The second-order valence-electron chi connectivity index (χ2n) is 35.0. The summed E-state index contributed by atoms with van der Waals surface area (Å²) in [7, 11) is 4.37. The van der Waals surface area contributed by atoms with Gasteiger partial charge in [-0.3, -0.25) is 0 Å². The molecule has 0 atom stereocenters. The van der Waals surface area contributed by atoms with Crippen molar-refractivity contribution in [2.45, 2.75) is 6.92 Å². The minimum Gasteiger partial charge on any atom is -0.344 e. The molecule has 0 aliphatic rings. The maximum Gasteiger partial charge on any atom is 0.0512 e. The molecule has 22 aromatic rings. The van der Waals surface area contributed by atoms with Gasteiger partial charge in [0, 0.05) is 99.4 Å². The number of aryl methyl sites for hydroxylation is 1. The van der Waals surface area contributed by atoms with Crippen molar-refractivity contribution in [3.05, 3.63) is 545 Å². The molecule has 0 spiro atoms. The Morgan fingerprint density at radius 1 is 0.124 bits per heavy atom. The van der Waals surface area contributed by atoms with E-state index in [-0.39, 0.29) is 0 Å². The highest BCUT2D eigenvalue weighted by atomic mass is 15.2. The van der Waals surface area contributed by atoms with Gasteiger partial charge in [0.05, 0.1) is 5.69 Å². The first kappa shape index (κ1) is 84.7. The van der Waals surface area contributed by atoms with E-state index < -0.39 is 0 Å². The van der Waals surface area contributed by atoms with E-state index in [1.54, 1.807) is 0 Å². The molecular formula is C131H98N6. The zero-order valence-corrected chi connectivity index (χ0v) is 76.6. The van der Waals surface area contributed by atoms with Crippen molar-refractivity contribution < 1.29 is 0 Å². The summed E-state index contributed by atoms with van der Waals surface area (Å²) in [6.45, 7) is 2.23. The van der Waals surface area contributed by atoms with Crippen LogP contribution in [0.25, 0.3) is 145 Å². The molecule has 0 amide bonds. The van der Waals surface area contributed by atoms with Gasteiger partial charge in [-0.05, 0) is 311 Å². The molecule has 0 aliphatic carbocycles. The molecule has 652 valence electrons. The van der Waals surface area contributed by atoms with Gasteiger partial charge in [0.15, 0.2) is 0 Å². The van der Waals surface area contributed by atoms with Gasteiger partial charge in [-0.2, -0.15) is 0 Å². The van der Waals surface area contributed by atoms with E-state index in [0.29, 0.717) is 0 Å². The summed E-state index contributed by atoms with van der Waals surface area (Å²) in [5.41, 5.74) is 44.3. The number of aromatic nitrogens is 2. The van der Waals surface area contributed by atoms with Gasteiger partial charge in [-0.1, -0.05) is 364 Å². The van der Waals surface area contributed by atoms with E-state index in [1.165, 1.54) is 78.0 Å². The molecule has 6 heteroatoms. The predicted octanol–water partition coefficient (Wildman–Crippen LogP) is 36.2. The van der Waals surface area contributed by atoms with Gasteiger partial charge >= 0.3 is 0 Å². The summed E-state index contributed by atoms with van der Waals surface area (Å²) in [5, 5.41) is 0. The fraction of sp³-hybridized carbons (Fsp3) is 0.0229. The summed E-state index contributed by atoms with van der Waals surface area (Å²) in [5.74, 6) is 0. The third-order valence-electron chi connectivity index (χ3n) is 26.6. The van der Waals surface area contributed by atoms with Crippen molar-refractivity contribution in [3.8, 4) is 145 Å². The van der Waals surface area contributed by atoms with E-state index in [9.17, 15) is 0 Å². The first-order valence-electron chi connectivity index (χ1n) is 46.9. The average molecular weight is 1760 g/mol. The SMILES string of the molecule is Cc1cc(-c2ccc(N(c3ccc(-c4ccccc4)cc3)c3ccc(-c4ccccc4)cc3)cc2)n(C)c1-c1ccc(N(c2ccc(-c3ccccc3)cc2)c2ccc(-c3cccc(-c4cccc(-c5ccc(N(c6ccc(-c7ccccc7)cc6)c6ccc(-c7ccc(-c8ccc(N(c9ccc(-c%10ccccc%10)cc9)c9ccc(-c%10ccccc%10)cc9)cc8)n7C)cc6)cc5)c4)c3)cc2)cc1. The summed E-state index contributed by atoms with van der Waals surface area (Å²) in [6, 6.07) is 196. The van der Waals surface area contributed by atoms with Crippen molar-refractivity contribution in [2.75, 3.05) is 19.6 Å². The summed E-state index contributed by atoms with van der Waals surface area (Å²) in [4.78, 5) is 9.43. The number of nitrogens with zero attached hydrogens (tertiary/aromatic N) is 6. The molecule has 0 aliphatic heterocycles. The summed E-state index contributed by atoms with van der Waals surface area (Å²) >= 11 is 0. The Hall–Kier alpha value is -17.8.